The van der Waals surface area contributed by atoms with Gasteiger partial charge in [-0.25, -0.2) is 12.7 Å². The first-order chi connectivity index (χ1) is 12.9. The van der Waals surface area contributed by atoms with Crippen molar-refractivity contribution in [2.75, 3.05) is 13.1 Å². The van der Waals surface area contributed by atoms with Gasteiger partial charge in [-0.3, -0.25) is 4.79 Å². The molecule has 5 nitrogen and oxygen atoms in total. The van der Waals surface area contributed by atoms with Crippen LogP contribution in [-0.2, 0) is 10.0 Å². The van der Waals surface area contributed by atoms with Crippen LogP contribution in [0.3, 0.4) is 0 Å². The maximum atomic E-state index is 12.8. The van der Waals surface area contributed by atoms with Crippen molar-refractivity contribution in [3.05, 3.63) is 60.2 Å². The first-order valence-corrected chi connectivity index (χ1v) is 10.7. The first-order valence-electron chi connectivity index (χ1n) is 9.24. The van der Waals surface area contributed by atoms with Crippen molar-refractivity contribution in [2.24, 2.45) is 5.92 Å². The summed E-state index contributed by atoms with van der Waals surface area (Å²) < 4.78 is 32.0. The van der Waals surface area contributed by atoms with Gasteiger partial charge in [-0.2, -0.15) is 0 Å². The fraction of sp³-hybridized carbons (Fsp3) is 0.381. The molecule has 0 aliphatic carbocycles. The molecule has 2 aromatic rings. The largest absolute Gasteiger partial charge is 0.457 e. The van der Waals surface area contributed by atoms with Crippen molar-refractivity contribution in [1.29, 1.82) is 0 Å². The molecule has 0 aromatic heterocycles. The van der Waals surface area contributed by atoms with Crippen LogP contribution in [0, 0.1) is 5.92 Å². The lowest BCUT2D eigenvalue weighted by atomic mass is 9.91. The molecule has 1 saturated heterocycles. The summed E-state index contributed by atoms with van der Waals surface area (Å²) in [6.07, 6.45) is 1.42. The second kappa shape index (κ2) is 8.23. The molecule has 1 heterocycles. The topological polar surface area (TPSA) is 63.7 Å². The van der Waals surface area contributed by atoms with E-state index in [0.717, 1.165) is 5.75 Å². The molecule has 144 valence electrons. The third-order valence-electron chi connectivity index (χ3n) is 4.83. The van der Waals surface area contributed by atoms with Gasteiger partial charge < -0.3 is 4.74 Å². The number of benzene rings is 2. The second-order valence-corrected chi connectivity index (χ2v) is 9.58. The highest BCUT2D eigenvalue weighted by Gasteiger charge is 2.34. The molecule has 1 unspecified atom stereocenters. The number of sulfonamides is 1. The fourth-order valence-corrected chi connectivity index (χ4v) is 4.60. The van der Waals surface area contributed by atoms with Gasteiger partial charge >= 0.3 is 0 Å². The normalized spacial score (nSPS) is 18.4. The maximum Gasteiger partial charge on any atom is 0.216 e. The number of nitrogens with zero attached hydrogens (tertiary/aromatic N) is 1. The Hall–Kier alpha value is -2.18. The molecule has 2 aromatic carbocycles. The van der Waals surface area contributed by atoms with Crippen molar-refractivity contribution in [3.8, 4) is 11.5 Å². The van der Waals surface area contributed by atoms with E-state index in [0.29, 0.717) is 30.7 Å². The predicted octanol–water partition coefficient (Wildman–Crippen LogP) is 4.11. The van der Waals surface area contributed by atoms with Gasteiger partial charge in [-0.05, 0) is 63.1 Å². The van der Waals surface area contributed by atoms with E-state index in [4.69, 9.17) is 4.74 Å². The molecule has 1 fully saturated rings. The Kier molecular flexibility index (Phi) is 5.97. The fourth-order valence-electron chi connectivity index (χ4n) is 3.23. The standard InChI is InChI=1S/C21H25NO4S/c1-16(2)27(24,25)22-14-6-7-18(15-22)21(23)17-10-12-20(13-11-17)26-19-8-4-3-5-9-19/h3-5,8-13,16,18H,6-7,14-15H2,1-2H3. The van der Waals surface area contributed by atoms with Crippen LogP contribution in [0.15, 0.2) is 54.6 Å². The second-order valence-electron chi connectivity index (χ2n) is 7.09. The number of ether oxygens (including phenoxy) is 1. The lowest BCUT2D eigenvalue weighted by Crippen LogP contribution is -2.44. The lowest BCUT2D eigenvalue weighted by molar-refractivity contribution is 0.0872. The summed E-state index contributed by atoms with van der Waals surface area (Å²) in [4.78, 5) is 12.8. The van der Waals surface area contributed by atoms with E-state index >= 15 is 0 Å². The summed E-state index contributed by atoms with van der Waals surface area (Å²) in [5, 5.41) is -0.472. The minimum atomic E-state index is -3.33. The minimum absolute atomic E-state index is 0.00934. The number of para-hydroxylation sites is 1. The van der Waals surface area contributed by atoms with E-state index in [1.54, 1.807) is 38.1 Å². The van der Waals surface area contributed by atoms with Crippen molar-refractivity contribution in [2.45, 2.75) is 31.9 Å². The summed E-state index contributed by atoms with van der Waals surface area (Å²) in [6, 6.07) is 16.5. The van der Waals surface area contributed by atoms with Crippen molar-refractivity contribution >= 4 is 15.8 Å². The summed E-state index contributed by atoms with van der Waals surface area (Å²) in [6.45, 7) is 4.11. The van der Waals surface area contributed by atoms with E-state index < -0.39 is 15.3 Å². The number of Topliss-reactive ketones (excluding diaryl/α,β-unsaturated/α-hetero) is 1. The molecular weight excluding hydrogens is 362 g/mol. The van der Waals surface area contributed by atoms with Crippen LogP contribution >= 0.6 is 0 Å². The Morgan fingerprint density at radius 2 is 1.67 bits per heavy atom. The van der Waals surface area contributed by atoms with E-state index in [9.17, 15) is 13.2 Å². The average molecular weight is 388 g/mol. The summed E-state index contributed by atoms with van der Waals surface area (Å²) in [5.74, 6) is 1.09. The monoisotopic (exact) mass is 387 g/mol. The Balaban J connectivity index is 1.68. The summed E-state index contributed by atoms with van der Waals surface area (Å²) in [7, 11) is -3.33. The highest BCUT2D eigenvalue weighted by Crippen LogP contribution is 2.26. The molecule has 3 rings (SSSR count). The Morgan fingerprint density at radius 3 is 2.30 bits per heavy atom. The number of hydrogen-bond donors (Lipinski definition) is 0. The van der Waals surface area contributed by atoms with Gasteiger partial charge in [0.15, 0.2) is 5.78 Å². The minimum Gasteiger partial charge on any atom is -0.457 e. The lowest BCUT2D eigenvalue weighted by Gasteiger charge is -2.32. The van der Waals surface area contributed by atoms with Crippen LogP contribution in [0.1, 0.15) is 37.0 Å². The van der Waals surface area contributed by atoms with E-state index in [1.807, 2.05) is 30.3 Å². The number of piperidine rings is 1. The molecule has 0 radical (unpaired) electrons. The van der Waals surface area contributed by atoms with E-state index in [1.165, 1.54) is 4.31 Å². The summed E-state index contributed by atoms with van der Waals surface area (Å²) >= 11 is 0. The molecule has 6 heteroatoms. The zero-order chi connectivity index (χ0) is 19.4. The zero-order valence-corrected chi connectivity index (χ0v) is 16.5. The molecule has 0 saturated carbocycles. The third kappa shape index (κ3) is 4.57. The Morgan fingerprint density at radius 1 is 1.04 bits per heavy atom. The highest BCUT2D eigenvalue weighted by atomic mass is 32.2. The van der Waals surface area contributed by atoms with Gasteiger partial charge in [-0.1, -0.05) is 18.2 Å². The smallest absolute Gasteiger partial charge is 0.216 e. The van der Waals surface area contributed by atoms with Crippen LogP contribution in [0.2, 0.25) is 0 Å². The number of carbonyl (C=O) groups is 1. The van der Waals surface area contributed by atoms with Crippen molar-refractivity contribution < 1.29 is 17.9 Å². The zero-order valence-electron chi connectivity index (χ0n) is 15.7. The molecule has 0 spiro atoms. The Labute approximate surface area is 161 Å². The summed E-state index contributed by atoms with van der Waals surface area (Å²) in [5.41, 5.74) is 0.587. The van der Waals surface area contributed by atoms with Crippen molar-refractivity contribution in [3.63, 3.8) is 0 Å². The highest BCUT2D eigenvalue weighted by molar-refractivity contribution is 7.89. The number of hydrogen-bond acceptors (Lipinski definition) is 4. The van der Waals surface area contributed by atoms with Crippen LogP contribution in [0.25, 0.3) is 0 Å². The average Bonchev–Trinajstić information content (AvgIpc) is 2.69. The first kappa shape index (κ1) is 19.6. The van der Waals surface area contributed by atoms with Gasteiger partial charge in [-0.15, -0.1) is 0 Å². The quantitative estimate of drug-likeness (QED) is 0.700. The van der Waals surface area contributed by atoms with Gasteiger partial charge in [0.05, 0.1) is 5.25 Å². The molecule has 0 bridgehead atoms. The van der Waals surface area contributed by atoms with Gasteiger partial charge in [0, 0.05) is 24.6 Å². The van der Waals surface area contributed by atoms with Crippen LogP contribution < -0.4 is 4.74 Å². The Bertz CT molecular complexity index is 876. The van der Waals surface area contributed by atoms with Crippen LogP contribution in [0.5, 0.6) is 11.5 Å². The number of ketones is 1. The van der Waals surface area contributed by atoms with E-state index in [2.05, 4.69) is 0 Å². The SMILES string of the molecule is CC(C)S(=O)(=O)N1CCCC(C(=O)c2ccc(Oc3ccccc3)cc2)C1. The van der Waals surface area contributed by atoms with Gasteiger partial charge in [0.2, 0.25) is 10.0 Å². The third-order valence-corrected chi connectivity index (χ3v) is 7.07. The van der Waals surface area contributed by atoms with Gasteiger partial charge in [0.1, 0.15) is 11.5 Å². The van der Waals surface area contributed by atoms with E-state index in [-0.39, 0.29) is 18.2 Å². The predicted molar refractivity (Wildman–Crippen MR) is 106 cm³/mol. The maximum absolute atomic E-state index is 12.8. The number of rotatable bonds is 6. The van der Waals surface area contributed by atoms with Crippen molar-refractivity contribution in [1.82, 2.24) is 4.31 Å². The molecule has 27 heavy (non-hydrogen) atoms. The molecule has 0 amide bonds. The molecule has 1 atom stereocenters. The number of carbonyl (C=O) groups excluding carboxylic acids is 1. The molecule has 1 aliphatic heterocycles. The molecule has 1 aliphatic rings. The van der Waals surface area contributed by atoms with Crippen LogP contribution in [0.4, 0.5) is 0 Å². The van der Waals surface area contributed by atoms with Crippen LogP contribution in [-0.4, -0.2) is 36.8 Å². The van der Waals surface area contributed by atoms with Gasteiger partial charge in [0.25, 0.3) is 0 Å². The molecule has 0 N–H and O–H groups in total. The molecular formula is C21H25NO4S.